The van der Waals surface area contributed by atoms with Crippen LogP contribution in [0.1, 0.15) is 128 Å². The maximum absolute atomic E-state index is 13.4. The molecule has 200 valence electrons. The predicted molar refractivity (Wildman–Crippen MR) is 146 cm³/mol. The third-order valence-electron chi connectivity index (χ3n) is 7.46. The molecule has 2 aliphatic rings. The molecule has 2 saturated heterocycles. The third kappa shape index (κ3) is 9.43. The minimum atomic E-state index is -0.334. The quantitative estimate of drug-likeness (QED) is 0.376. The zero-order valence-electron chi connectivity index (χ0n) is 24.6. The zero-order chi connectivity index (χ0) is 26.0. The van der Waals surface area contributed by atoms with Gasteiger partial charge in [0, 0.05) is 46.2 Å². The fourth-order valence-electron chi connectivity index (χ4n) is 6.90. The van der Waals surface area contributed by atoms with E-state index in [1.165, 1.54) is 32.1 Å². The first kappa shape index (κ1) is 29.6. The Morgan fingerprint density at radius 3 is 1.68 bits per heavy atom. The predicted octanol–water partition coefficient (Wildman–Crippen LogP) is 5.63. The summed E-state index contributed by atoms with van der Waals surface area (Å²) < 4.78 is 0. The molecule has 3 N–H and O–H groups in total. The number of hydrogen-bond donors (Lipinski definition) is 3. The van der Waals surface area contributed by atoms with E-state index in [2.05, 4.69) is 97.0 Å². The van der Waals surface area contributed by atoms with E-state index in [0.29, 0.717) is 18.0 Å². The van der Waals surface area contributed by atoms with E-state index in [-0.39, 0.29) is 27.6 Å². The number of carbonyl (C=O) groups excluding carboxylic acids is 1. The van der Waals surface area contributed by atoms with E-state index >= 15 is 0 Å². The number of hydrogen-bond acceptors (Lipinski definition) is 4. The molecule has 0 atom stereocenters. The fourth-order valence-corrected chi connectivity index (χ4v) is 6.90. The number of unbranched alkanes of at least 4 members (excludes halogenated alkanes) is 3. The maximum Gasteiger partial charge on any atom is 0.228 e. The summed E-state index contributed by atoms with van der Waals surface area (Å²) in [5, 5.41) is 11.4. The Hall–Kier alpha value is -0.650. The Balaban J connectivity index is 1.82. The number of nitrogens with zero attached hydrogens (tertiary/aromatic N) is 1. The highest BCUT2D eigenvalue weighted by molar-refractivity contribution is 5.81. The minimum Gasteiger partial charge on any atom is -0.339 e. The van der Waals surface area contributed by atoms with Gasteiger partial charge in [-0.1, -0.05) is 33.6 Å². The third-order valence-corrected chi connectivity index (χ3v) is 7.46. The van der Waals surface area contributed by atoms with Crippen molar-refractivity contribution in [1.29, 1.82) is 0 Å². The van der Waals surface area contributed by atoms with E-state index in [1.54, 1.807) is 0 Å². The maximum atomic E-state index is 13.4. The van der Waals surface area contributed by atoms with Crippen molar-refractivity contribution in [3.8, 4) is 0 Å². The molecule has 0 aliphatic carbocycles. The Bertz CT molecular complexity index is 642. The first-order valence-electron chi connectivity index (χ1n) is 13.9. The van der Waals surface area contributed by atoms with Gasteiger partial charge in [-0.25, -0.2) is 0 Å². The summed E-state index contributed by atoms with van der Waals surface area (Å²) in [5.74, 6) is 0.309. The van der Waals surface area contributed by atoms with Gasteiger partial charge in [-0.05, 0) is 100 Å². The lowest BCUT2D eigenvalue weighted by molar-refractivity contribution is -0.144. The van der Waals surface area contributed by atoms with E-state index in [0.717, 1.165) is 32.4 Å². The molecule has 5 heteroatoms. The Kier molecular flexibility index (Phi) is 9.36. The summed E-state index contributed by atoms with van der Waals surface area (Å²) in [6.07, 6.45) is 9.14. The SMILES string of the molecule is CC1(C)CC(NCCCCCCN(C(=O)C(C)(C)C)C2CC(C)(C)NC(C)(C)C2)CC(C)(C)N1. The molecular weight excluding hydrogens is 420 g/mol. The van der Waals surface area contributed by atoms with Gasteiger partial charge in [-0.3, -0.25) is 4.79 Å². The van der Waals surface area contributed by atoms with Gasteiger partial charge in [0.2, 0.25) is 5.91 Å². The average Bonchev–Trinajstić information content (AvgIpc) is 2.57. The first-order chi connectivity index (χ1) is 15.3. The van der Waals surface area contributed by atoms with Crippen LogP contribution in [0, 0.1) is 5.41 Å². The van der Waals surface area contributed by atoms with Gasteiger partial charge in [0.15, 0.2) is 0 Å². The largest absolute Gasteiger partial charge is 0.339 e. The van der Waals surface area contributed by atoms with Crippen molar-refractivity contribution in [3.63, 3.8) is 0 Å². The smallest absolute Gasteiger partial charge is 0.228 e. The molecule has 0 aromatic carbocycles. The van der Waals surface area contributed by atoms with Gasteiger partial charge in [-0.15, -0.1) is 0 Å². The Morgan fingerprint density at radius 2 is 1.21 bits per heavy atom. The van der Waals surface area contributed by atoms with Crippen molar-refractivity contribution < 1.29 is 4.79 Å². The van der Waals surface area contributed by atoms with Crippen LogP contribution in [0.25, 0.3) is 0 Å². The zero-order valence-corrected chi connectivity index (χ0v) is 24.6. The first-order valence-corrected chi connectivity index (χ1v) is 13.9. The van der Waals surface area contributed by atoms with Gasteiger partial charge in [-0.2, -0.15) is 0 Å². The van der Waals surface area contributed by atoms with Crippen molar-refractivity contribution in [2.75, 3.05) is 13.1 Å². The van der Waals surface area contributed by atoms with Crippen LogP contribution in [0.4, 0.5) is 0 Å². The minimum absolute atomic E-state index is 0.0479. The molecule has 34 heavy (non-hydrogen) atoms. The molecule has 0 aromatic rings. The van der Waals surface area contributed by atoms with Crippen molar-refractivity contribution in [3.05, 3.63) is 0 Å². The second kappa shape index (κ2) is 10.8. The average molecular weight is 479 g/mol. The van der Waals surface area contributed by atoms with Crippen LogP contribution in [0.15, 0.2) is 0 Å². The summed E-state index contributed by atoms with van der Waals surface area (Å²) >= 11 is 0. The van der Waals surface area contributed by atoms with Gasteiger partial charge in [0.25, 0.3) is 0 Å². The van der Waals surface area contributed by atoms with E-state index in [1.807, 2.05) is 0 Å². The number of rotatable bonds is 9. The highest BCUT2D eigenvalue weighted by atomic mass is 16.2. The van der Waals surface area contributed by atoms with Gasteiger partial charge in [0.05, 0.1) is 0 Å². The standard InChI is InChI=1S/C29H58N4O/c1-25(2,3)24(34)33(23-20-28(8,9)32-29(10,11)21-23)17-15-13-12-14-16-30-22-18-26(4,5)31-27(6,7)19-22/h22-23,30-32H,12-21H2,1-11H3. The number of piperidine rings is 2. The molecule has 0 radical (unpaired) electrons. The molecular formula is C29H58N4O. The molecule has 0 bridgehead atoms. The van der Waals surface area contributed by atoms with Crippen LogP contribution in [-0.2, 0) is 4.79 Å². The van der Waals surface area contributed by atoms with Crippen LogP contribution in [-0.4, -0.2) is 58.1 Å². The van der Waals surface area contributed by atoms with Crippen LogP contribution >= 0.6 is 0 Å². The lowest BCUT2D eigenvalue weighted by Crippen LogP contribution is -2.63. The number of nitrogens with one attached hydrogen (secondary N) is 3. The lowest BCUT2D eigenvalue weighted by atomic mass is 9.78. The normalized spacial score (nSPS) is 24.7. The van der Waals surface area contributed by atoms with Crippen molar-refractivity contribution in [2.24, 2.45) is 5.41 Å². The second-order valence-electron chi connectivity index (χ2n) is 15.1. The molecule has 0 unspecified atom stereocenters. The number of carbonyl (C=O) groups is 1. The van der Waals surface area contributed by atoms with Crippen LogP contribution in [0.5, 0.6) is 0 Å². The monoisotopic (exact) mass is 478 g/mol. The number of amides is 1. The fraction of sp³-hybridized carbons (Fsp3) is 0.966. The summed E-state index contributed by atoms with van der Waals surface area (Å²) in [4.78, 5) is 15.7. The molecule has 2 heterocycles. The summed E-state index contributed by atoms with van der Waals surface area (Å²) in [6.45, 7) is 26.5. The molecule has 5 nitrogen and oxygen atoms in total. The van der Waals surface area contributed by atoms with Crippen molar-refractivity contribution in [1.82, 2.24) is 20.9 Å². The molecule has 2 fully saturated rings. The summed E-state index contributed by atoms with van der Waals surface area (Å²) in [7, 11) is 0. The van der Waals surface area contributed by atoms with Crippen molar-refractivity contribution >= 4 is 5.91 Å². The van der Waals surface area contributed by atoms with Crippen LogP contribution < -0.4 is 16.0 Å². The van der Waals surface area contributed by atoms with Gasteiger partial charge < -0.3 is 20.9 Å². The summed E-state index contributed by atoms with van der Waals surface area (Å²) in [5.41, 5.74) is 0.151. The van der Waals surface area contributed by atoms with Crippen LogP contribution in [0.3, 0.4) is 0 Å². The lowest BCUT2D eigenvalue weighted by Gasteiger charge is -2.50. The van der Waals surface area contributed by atoms with Crippen molar-refractivity contribution in [2.45, 2.75) is 162 Å². The van der Waals surface area contributed by atoms with E-state index in [4.69, 9.17) is 0 Å². The Labute approximate surface area is 212 Å². The topological polar surface area (TPSA) is 56.4 Å². The van der Waals surface area contributed by atoms with E-state index < -0.39 is 0 Å². The molecule has 0 saturated carbocycles. The molecule has 0 spiro atoms. The Morgan fingerprint density at radius 1 is 0.765 bits per heavy atom. The highest BCUT2D eigenvalue weighted by Gasteiger charge is 2.42. The van der Waals surface area contributed by atoms with Gasteiger partial charge >= 0.3 is 0 Å². The molecule has 0 aromatic heterocycles. The molecule has 2 aliphatic heterocycles. The second-order valence-corrected chi connectivity index (χ2v) is 15.1. The van der Waals surface area contributed by atoms with Gasteiger partial charge in [0.1, 0.15) is 0 Å². The molecule has 2 rings (SSSR count). The summed E-state index contributed by atoms with van der Waals surface area (Å²) in [6, 6.07) is 0.907. The highest BCUT2D eigenvalue weighted by Crippen LogP contribution is 2.34. The molecule has 1 amide bonds. The van der Waals surface area contributed by atoms with Crippen LogP contribution in [0.2, 0.25) is 0 Å². The van der Waals surface area contributed by atoms with E-state index in [9.17, 15) is 4.79 Å².